The van der Waals surface area contributed by atoms with Crippen molar-refractivity contribution in [2.75, 3.05) is 21.3 Å². The lowest BCUT2D eigenvalue weighted by atomic mass is 10.2. The van der Waals surface area contributed by atoms with Crippen molar-refractivity contribution in [3.05, 3.63) is 23.9 Å². The normalized spacial score (nSPS) is 13.2. The summed E-state index contributed by atoms with van der Waals surface area (Å²) in [4.78, 5) is 15.8. The van der Waals surface area contributed by atoms with E-state index in [1.165, 1.54) is 39.6 Å². The Kier molecular flexibility index (Phi) is 6.21. The SMILES string of the molecule is CNS(=O)(=O)c1ccc(C(=O)N[C@H](C)C(OC)OC)cn1. The maximum absolute atomic E-state index is 12.0. The van der Waals surface area contributed by atoms with Crippen LogP contribution in [0.3, 0.4) is 0 Å². The Bertz CT molecular complexity index is 569. The number of sulfonamides is 1. The number of carbonyl (C=O) groups is 1. The van der Waals surface area contributed by atoms with Crippen LogP contribution in [0.15, 0.2) is 23.4 Å². The predicted molar refractivity (Wildman–Crippen MR) is 75.2 cm³/mol. The molecule has 2 N–H and O–H groups in total. The maximum atomic E-state index is 12.0. The molecule has 0 aliphatic heterocycles. The molecule has 21 heavy (non-hydrogen) atoms. The van der Waals surface area contributed by atoms with Gasteiger partial charge in [-0.05, 0) is 26.1 Å². The van der Waals surface area contributed by atoms with Crippen LogP contribution in [0.2, 0.25) is 0 Å². The standard InChI is InChI=1S/C12H19N3O5S/c1-8(12(19-3)20-4)15-11(16)9-5-6-10(14-7-9)21(17,18)13-2/h5-8,12-13H,1-4H3,(H,15,16)/t8-/m1/s1. The molecule has 0 aliphatic rings. The number of methoxy groups -OCH3 is 2. The van der Waals surface area contributed by atoms with Gasteiger partial charge in [-0.2, -0.15) is 0 Å². The van der Waals surface area contributed by atoms with Gasteiger partial charge >= 0.3 is 0 Å². The van der Waals surface area contributed by atoms with Gasteiger partial charge in [0.1, 0.15) is 0 Å². The zero-order valence-corrected chi connectivity index (χ0v) is 13.1. The zero-order chi connectivity index (χ0) is 16.0. The first kappa shape index (κ1) is 17.5. The van der Waals surface area contributed by atoms with Crippen LogP contribution in [-0.4, -0.2) is 52.9 Å². The number of carbonyl (C=O) groups excluding carboxylic acids is 1. The summed E-state index contributed by atoms with van der Waals surface area (Å²) in [6.45, 7) is 1.73. The average Bonchev–Trinajstić information content (AvgIpc) is 2.48. The monoisotopic (exact) mass is 317 g/mol. The highest BCUT2D eigenvalue weighted by Gasteiger charge is 2.20. The molecule has 0 aliphatic carbocycles. The Balaban J connectivity index is 2.81. The van der Waals surface area contributed by atoms with Crippen LogP contribution >= 0.6 is 0 Å². The van der Waals surface area contributed by atoms with Crippen molar-refractivity contribution in [2.24, 2.45) is 0 Å². The minimum atomic E-state index is -3.62. The molecule has 1 rings (SSSR count). The fraction of sp³-hybridized carbons (Fsp3) is 0.500. The van der Waals surface area contributed by atoms with Gasteiger partial charge in [0.05, 0.1) is 11.6 Å². The number of pyridine rings is 1. The van der Waals surface area contributed by atoms with Crippen molar-refractivity contribution < 1.29 is 22.7 Å². The molecule has 1 amide bonds. The third-order valence-electron chi connectivity index (χ3n) is 2.77. The molecule has 1 heterocycles. The van der Waals surface area contributed by atoms with E-state index in [1.807, 2.05) is 0 Å². The van der Waals surface area contributed by atoms with Gasteiger partial charge in [-0.15, -0.1) is 0 Å². The first-order chi connectivity index (χ1) is 9.85. The van der Waals surface area contributed by atoms with Gasteiger partial charge in [0.25, 0.3) is 15.9 Å². The van der Waals surface area contributed by atoms with Gasteiger partial charge in [-0.25, -0.2) is 18.1 Å². The summed E-state index contributed by atoms with van der Waals surface area (Å²) in [6, 6.07) is 2.26. The molecule has 0 fully saturated rings. The first-order valence-electron chi connectivity index (χ1n) is 6.11. The number of ether oxygens (including phenoxy) is 2. The first-order valence-corrected chi connectivity index (χ1v) is 7.60. The van der Waals surface area contributed by atoms with E-state index >= 15 is 0 Å². The minimum Gasteiger partial charge on any atom is -0.354 e. The molecular weight excluding hydrogens is 298 g/mol. The van der Waals surface area contributed by atoms with Crippen molar-refractivity contribution in [2.45, 2.75) is 24.3 Å². The number of hydrogen-bond donors (Lipinski definition) is 2. The van der Waals surface area contributed by atoms with Gasteiger partial charge in [-0.3, -0.25) is 4.79 Å². The quantitative estimate of drug-likeness (QED) is 0.670. The van der Waals surface area contributed by atoms with Crippen LogP contribution < -0.4 is 10.0 Å². The molecule has 0 saturated heterocycles. The summed E-state index contributed by atoms with van der Waals surface area (Å²) < 4.78 is 35.3. The number of nitrogens with zero attached hydrogens (tertiary/aromatic N) is 1. The molecule has 118 valence electrons. The molecule has 0 saturated carbocycles. The van der Waals surface area contributed by atoms with Gasteiger partial charge < -0.3 is 14.8 Å². The fourth-order valence-corrected chi connectivity index (χ4v) is 2.29. The molecular formula is C12H19N3O5S. The van der Waals surface area contributed by atoms with Gasteiger partial charge in [-0.1, -0.05) is 0 Å². The summed E-state index contributed by atoms with van der Waals surface area (Å²) in [5.74, 6) is -0.400. The van der Waals surface area contributed by atoms with E-state index in [0.29, 0.717) is 0 Å². The van der Waals surface area contributed by atoms with E-state index in [0.717, 1.165) is 0 Å². The molecule has 0 radical (unpaired) electrons. The molecule has 1 aromatic rings. The van der Waals surface area contributed by atoms with E-state index < -0.39 is 22.2 Å². The van der Waals surface area contributed by atoms with Crippen molar-refractivity contribution >= 4 is 15.9 Å². The average molecular weight is 317 g/mol. The second kappa shape index (κ2) is 7.46. The van der Waals surface area contributed by atoms with Crippen LogP contribution in [-0.2, 0) is 19.5 Å². The van der Waals surface area contributed by atoms with E-state index in [-0.39, 0.29) is 16.6 Å². The summed E-state index contributed by atoms with van der Waals surface area (Å²) in [5.41, 5.74) is 0.239. The summed E-state index contributed by atoms with van der Waals surface area (Å²) in [6.07, 6.45) is 0.617. The van der Waals surface area contributed by atoms with Gasteiger partial charge in [0, 0.05) is 20.4 Å². The minimum absolute atomic E-state index is 0.152. The van der Waals surface area contributed by atoms with Crippen molar-refractivity contribution in [1.29, 1.82) is 0 Å². The highest BCUT2D eigenvalue weighted by Crippen LogP contribution is 2.07. The Hall–Kier alpha value is -1.55. The van der Waals surface area contributed by atoms with Crippen molar-refractivity contribution in [1.82, 2.24) is 15.0 Å². The molecule has 0 spiro atoms. The molecule has 0 aromatic carbocycles. The van der Waals surface area contributed by atoms with Crippen molar-refractivity contribution in [3.63, 3.8) is 0 Å². The van der Waals surface area contributed by atoms with E-state index in [9.17, 15) is 13.2 Å². The highest BCUT2D eigenvalue weighted by atomic mass is 32.2. The summed E-state index contributed by atoms with van der Waals surface area (Å²) in [5, 5.41) is 2.52. The fourth-order valence-electron chi connectivity index (χ4n) is 1.64. The maximum Gasteiger partial charge on any atom is 0.257 e. The summed E-state index contributed by atoms with van der Waals surface area (Å²) in [7, 11) is 0.605. The second-order valence-electron chi connectivity index (χ2n) is 4.19. The number of aromatic nitrogens is 1. The van der Waals surface area contributed by atoms with Crippen LogP contribution in [0, 0.1) is 0 Å². The molecule has 0 bridgehead atoms. The third-order valence-corrected chi connectivity index (χ3v) is 4.10. The lowest BCUT2D eigenvalue weighted by Gasteiger charge is -2.22. The predicted octanol–water partition coefficient (Wildman–Crippen LogP) is -0.273. The Morgan fingerprint density at radius 3 is 2.33 bits per heavy atom. The number of amides is 1. The van der Waals surface area contributed by atoms with Crippen molar-refractivity contribution in [3.8, 4) is 0 Å². The Labute approximate surface area is 123 Å². The van der Waals surface area contributed by atoms with Crippen LogP contribution in [0.5, 0.6) is 0 Å². The van der Waals surface area contributed by atoms with E-state index in [2.05, 4.69) is 15.0 Å². The number of rotatable bonds is 7. The summed E-state index contributed by atoms with van der Waals surface area (Å²) >= 11 is 0. The lowest BCUT2D eigenvalue weighted by Crippen LogP contribution is -2.43. The molecule has 0 unspecified atom stereocenters. The highest BCUT2D eigenvalue weighted by molar-refractivity contribution is 7.89. The third kappa shape index (κ3) is 4.46. The topological polar surface area (TPSA) is 107 Å². The molecule has 9 heteroatoms. The number of hydrogen-bond acceptors (Lipinski definition) is 6. The largest absolute Gasteiger partial charge is 0.354 e. The zero-order valence-electron chi connectivity index (χ0n) is 12.3. The van der Waals surface area contributed by atoms with Crippen LogP contribution in [0.25, 0.3) is 0 Å². The second-order valence-corrected chi connectivity index (χ2v) is 6.03. The smallest absolute Gasteiger partial charge is 0.257 e. The van der Waals surface area contributed by atoms with Gasteiger partial charge in [0.2, 0.25) is 0 Å². The molecule has 1 atom stereocenters. The Morgan fingerprint density at radius 2 is 1.90 bits per heavy atom. The van der Waals surface area contributed by atoms with E-state index in [1.54, 1.807) is 6.92 Å². The van der Waals surface area contributed by atoms with Crippen LogP contribution in [0.4, 0.5) is 0 Å². The Morgan fingerprint density at radius 1 is 1.29 bits per heavy atom. The van der Waals surface area contributed by atoms with Gasteiger partial charge in [0.15, 0.2) is 11.3 Å². The molecule has 1 aromatic heterocycles. The van der Waals surface area contributed by atoms with E-state index in [4.69, 9.17) is 9.47 Å². The van der Waals surface area contributed by atoms with Crippen LogP contribution in [0.1, 0.15) is 17.3 Å². The molecule has 8 nitrogen and oxygen atoms in total. The lowest BCUT2D eigenvalue weighted by molar-refractivity contribution is -0.117. The number of nitrogens with one attached hydrogen (secondary N) is 2.